The predicted molar refractivity (Wildman–Crippen MR) is 148 cm³/mol. The van der Waals surface area contributed by atoms with Gasteiger partial charge in [0.05, 0.1) is 21.3 Å². The zero-order chi connectivity index (χ0) is 27.9. The molecule has 1 unspecified atom stereocenters. The lowest BCUT2D eigenvalue weighted by atomic mass is 10.0. The van der Waals surface area contributed by atoms with Crippen LogP contribution in [-0.4, -0.2) is 81.8 Å². The standard InChI is InChI=1S/C30H39F2N3O4/c1-20(14-21-7-8-23(31)17-26(21)32)18-34(19-25-6-5-13-35(25)24-9-11-33-12-10-24)30(36)22-15-27(37-2)29(39-4)28(16-22)38-3/h7-8,14-17,24-25,33H,5-6,9-13,18-19H2,1-4H3. The molecular weight excluding hydrogens is 504 g/mol. The summed E-state index contributed by atoms with van der Waals surface area (Å²) in [5, 5.41) is 3.44. The number of halogens is 2. The third-order valence-corrected chi connectivity index (χ3v) is 7.64. The number of ether oxygens (including phenoxy) is 3. The molecule has 2 saturated heterocycles. The number of carbonyl (C=O) groups is 1. The molecule has 9 heteroatoms. The summed E-state index contributed by atoms with van der Waals surface area (Å²) < 4.78 is 44.2. The molecule has 0 bridgehead atoms. The second-order valence-corrected chi connectivity index (χ2v) is 10.3. The van der Waals surface area contributed by atoms with Crippen LogP contribution in [0.4, 0.5) is 8.78 Å². The highest BCUT2D eigenvalue weighted by molar-refractivity contribution is 5.96. The van der Waals surface area contributed by atoms with Gasteiger partial charge in [-0.1, -0.05) is 11.6 Å². The van der Waals surface area contributed by atoms with Gasteiger partial charge in [-0.15, -0.1) is 0 Å². The summed E-state index contributed by atoms with van der Waals surface area (Å²) in [6, 6.07) is 7.57. The lowest BCUT2D eigenvalue weighted by Crippen LogP contribution is -2.50. The van der Waals surface area contributed by atoms with Crippen molar-refractivity contribution in [3.05, 3.63) is 58.7 Å². The van der Waals surface area contributed by atoms with Crippen LogP contribution in [-0.2, 0) is 0 Å². The molecule has 2 heterocycles. The number of methoxy groups -OCH3 is 3. The Morgan fingerprint density at radius 3 is 2.36 bits per heavy atom. The van der Waals surface area contributed by atoms with Gasteiger partial charge in [0.1, 0.15) is 11.6 Å². The SMILES string of the molecule is COc1cc(C(=O)N(CC(C)=Cc2ccc(F)cc2F)CC2CCCN2C2CCNCC2)cc(OC)c1OC. The van der Waals surface area contributed by atoms with Gasteiger partial charge >= 0.3 is 0 Å². The summed E-state index contributed by atoms with van der Waals surface area (Å²) in [7, 11) is 4.55. The molecular formula is C30H39F2N3O4. The Kier molecular flexibility index (Phi) is 9.80. The van der Waals surface area contributed by atoms with Gasteiger partial charge in [0, 0.05) is 42.4 Å². The molecule has 2 fully saturated rings. The smallest absolute Gasteiger partial charge is 0.254 e. The van der Waals surface area contributed by atoms with Crippen molar-refractivity contribution < 1.29 is 27.8 Å². The molecule has 0 spiro atoms. The second-order valence-electron chi connectivity index (χ2n) is 10.3. The van der Waals surface area contributed by atoms with Crippen LogP contribution in [0.25, 0.3) is 6.08 Å². The Labute approximate surface area is 229 Å². The van der Waals surface area contributed by atoms with E-state index in [-0.39, 0.29) is 17.5 Å². The van der Waals surface area contributed by atoms with E-state index in [0.29, 0.717) is 41.9 Å². The van der Waals surface area contributed by atoms with E-state index in [1.54, 1.807) is 18.2 Å². The molecule has 2 aliphatic rings. The fraction of sp³-hybridized carbons (Fsp3) is 0.500. The number of piperidine rings is 1. The van der Waals surface area contributed by atoms with Gasteiger partial charge in [0.2, 0.25) is 5.75 Å². The second kappa shape index (κ2) is 13.3. The van der Waals surface area contributed by atoms with Crippen LogP contribution in [0.3, 0.4) is 0 Å². The van der Waals surface area contributed by atoms with Gasteiger partial charge in [-0.3, -0.25) is 9.69 Å². The van der Waals surface area contributed by atoms with Crippen molar-refractivity contribution in [3.63, 3.8) is 0 Å². The fourth-order valence-electron chi connectivity index (χ4n) is 5.76. The molecule has 2 aromatic rings. The minimum Gasteiger partial charge on any atom is -0.493 e. The molecule has 4 rings (SSSR count). The van der Waals surface area contributed by atoms with Crippen LogP contribution in [0.2, 0.25) is 0 Å². The summed E-state index contributed by atoms with van der Waals surface area (Å²) in [6.07, 6.45) is 5.97. The normalized spacial score (nSPS) is 18.7. The maximum atomic E-state index is 14.4. The van der Waals surface area contributed by atoms with Gasteiger partial charge < -0.3 is 24.4 Å². The lowest BCUT2D eigenvalue weighted by molar-refractivity contribution is 0.0676. The Morgan fingerprint density at radius 2 is 1.74 bits per heavy atom. The summed E-state index contributed by atoms with van der Waals surface area (Å²) in [6.45, 7) is 5.73. The molecule has 2 aliphatic heterocycles. The highest BCUT2D eigenvalue weighted by Gasteiger charge is 2.34. The van der Waals surface area contributed by atoms with Gasteiger partial charge in [-0.2, -0.15) is 0 Å². The van der Waals surface area contributed by atoms with Gasteiger partial charge in [-0.05, 0) is 76.5 Å². The maximum Gasteiger partial charge on any atom is 0.254 e. The molecule has 2 aromatic carbocycles. The number of hydrogen-bond donors (Lipinski definition) is 1. The van der Waals surface area contributed by atoms with E-state index in [1.807, 2.05) is 11.8 Å². The number of nitrogens with zero attached hydrogens (tertiary/aromatic N) is 2. The van der Waals surface area contributed by atoms with Gasteiger partial charge in [0.25, 0.3) is 5.91 Å². The number of nitrogens with one attached hydrogen (secondary N) is 1. The quantitative estimate of drug-likeness (QED) is 0.467. The molecule has 0 aromatic heterocycles. The lowest BCUT2D eigenvalue weighted by Gasteiger charge is -2.38. The van der Waals surface area contributed by atoms with Crippen LogP contribution in [0.1, 0.15) is 48.5 Å². The number of likely N-dealkylation sites (tertiary alicyclic amines) is 1. The van der Waals surface area contributed by atoms with E-state index < -0.39 is 11.6 Å². The first-order valence-electron chi connectivity index (χ1n) is 13.5. The van der Waals surface area contributed by atoms with Crippen molar-refractivity contribution in [1.29, 1.82) is 0 Å². The van der Waals surface area contributed by atoms with Crippen LogP contribution in [0, 0.1) is 11.6 Å². The monoisotopic (exact) mass is 543 g/mol. The van der Waals surface area contributed by atoms with Gasteiger partial charge in [0.15, 0.2) is 11.5 Å². The molecule has 1 atom stereocenters. The number of carbonyl (C=O) groups excluding carboxylic acids is 1. The van der Waals surface area contributed by atoms with E-state index in [2.05, 4.69) is 10.2 Å². The van der Waals surface area contributed by atoms with E-state index in [0.717, 1.165) is 57.0 Å². The van der Waals surface area contributed by atoms with E-state index in [1.165, 1.54) is 33.5 Å². The number of amides is 1. The van der Waals surface area contributed by atoms with Crippen molar-refractivity contribution in [2.45, 2.75) is 44.7 Å². The van der Waals surface area contributed by atoms with Crippen molar-refractivity contribution in [3.8, 4) is 17.2 Å². The van der Waals surface area contributed by atoms with Crippen molar-refractivity contribution in [2.24, 2.45) is 0 Å². The van der Waals surface area contributed by atoms with Crippen molar-refractivity contribution >= 4 is 12.0 Å². The Bertz CT molecular complexity index is 1160. The molecule has 0 saturated carbocycles. The third-order valence-electron chi connectivity index (χ3n) is 7.64. The predicted octanol–water partition coefficient (Wildman–Crippen LogP) is 4.75. The first kappa shape index (κ1) is 28.8. The molecule has 39 heavy (non-hydrogen) atoms. The summed E-state index contributed by atoms with van der Waals surface area (Å²) in [5.41, 5.74) is 1.48. The highest BCUT2D eigenvalue weighted by Crippen LogP contribution is 2.38. The number of hydrogen-bond acceptors (Lipinski definition) is 6. The van der Waals surface area contributed by atoms with Gasteiger partial charge in [-0.25, -0.2) is 8.78 Å². The largest absolute Gasteiger partial charge is 0.493 e. The van der Waals surface area contributed by atoms with Crippen molar-refractivity contribution in [1.82, 2.24) is 15.1 Å². The fourth-order valence-corrected chi connectivity index (χ4v) is 5.76. The average Bonchev–Trinajstić information content (AvgIpc) is 3.41. The average molecular weight is 544 g/mol. The minimum absolute atomic E-state index is 0.182. The first-order valence-corrected chi connectivity index (χ1v) is 13.5. The zero-order valence-electron chi connectivity index (χ0n) is 23.3. The van der Waals surface area contributed by atoms with Crippen LogP contribution >= 0.6 is 0 Å². The zero-order valence-corrected chi connectivity index (χ0v) is 23.3. The summed E-state index contributed by atoms with van der Waals surface area (Å²) in [4.78, 5) is 18.4. The Morgan fingerprint density at radius 1 is 1.05 bits per heavy atom. The van der Waals surface area contributed by atoms with Crippen LogP contribution in [0.15, 0.2) is 35.9 Å². The molecule has 1 amide bonds. The minimum atomic E-state index is -0.635. The van der Waals surface area contributed by atoms with E-state index in [9.17, 15) is 13.6 Å². The number of benzene rings is 2. The third kappa shape index (κ3) is 6.89. The molecule has 0 radical (unpaired) electrons. The van der Waals surface area contributed by atoms with Crippen molar-refractivity contribution in [2.75, 3.05) is 54.1 Å². The molecule has 7 nitrogen and oxygen atoms in total. The Balaban J connectivity index is 1.64. The van der Waals surface area contributed by atoms with Crippen LogP contribution in [0.5, 0.6) is 17.2 Å². The first-order chi connectivity index (χ1) is 18.8. The van der Waals surface area contributed by atoms with E-state index >= 15 is 0 Å². The molecule has 1 N–H and O–H groups in total. The Hall–Kier alpha value is -3.17. The van der Waals surface area contributed by atoms with Crippen LogP contribution < -0.4 is 19.5 Å². The highest BCUT2D eigenvalue weighted by atomic mass is 19.1. The molecule has 0 aliphatic carbocycles. The molecule has 212 valence electrons. The number of rotatable bonds is 10. The topological polar surface area (TPSA) is 63.3 Å². The maximum absolute atomic E-state index is 14.4. The summed E-state index contributed by atoms with van der Waals surface area (Å²) >= 11 is 0. The summed E-state index contributed by atoms with van der Waals surface area (Å²) in [5.74, 6) is -0.223. The van der Waals surface area contributed by atoms with E-state index in [4.69, 9.17) is 14.2 Å².